The fraction of sp³-hybridized carbons (Fsp3) is 0.500. The van der Waals surface area contributed by atoms with Gasteiger partial charge in [0, 0.05) is 24.8 Å². The lowest BCUT2D eigenvalue weighted by atomic mass is 10.2. The average molecular weight is 347 g/mol. The van der Waals surface area contributed by atoms with E-state index in [0.29, 0.717) is 17.3 Å². The summed E-state index contributed by atoms with van der Waals surface area (Å²) < 4.78 is 53.2. The van der Waals surface area contributed by atoms with Gasteiger partial charge in [-0.1, -0.05) is 0 Å². The van der Waals surface area contributed by atoms with Gasteiger partial charge in [0.15, 0.2) is 0 Å². The molecule has 6 nitrogen and oxygen atoms in total. The predicted octanol–water partition coefficient (Wildman–Crippen LogP) is 2.60. The van der Waals surface area contributed by atoms with E-state index in [2.05, 4.69) is 15.5 Å². The molecule has 1 amide bonds. The molecule has 1 N–H and O–H groups in total. The molecule has 0 aromatic carbocycles. The zero-order chi connectivity index (χ0) is 17.9. The number of alkyl halides is 4. The lowest BCUT2D eigenvalue weighted by molar-refractivity contribution is -0.122. The monoisotopic (exact) mass is 347 g/mol. The minimum absolute atomic E-state index is 0.164. The molecule has 0 radical (unpaired) electrons. The number of halogens is 4. The molecule has 0 saturated carbocycles. The Balaban J connectivity index is 2.02. The van der Waals surface area contributed by atoms with Crippen molar-refractivity contribution in [2.75, 3.05) is 0 Å². The third-order valence-corrected chi connectivity index (χ3v) is 3.42. The molecule has 0 saturated heterocycles. The number of aryl methyl sites for hydroxylation is 2. The first-order chi connectivity index (χ1) is 11.3. The van der Waals surface area contributed by atoms with Crippen LogP contribution in [0.2, 0.25) is 0 Å². The van der Waals surface area contributed by atoms with E-state index < -0.39 is 36.7 Å². The summed E-state index contributed by atoms with van der Waals surface area (Å²) in [5.41, 5.74) is 0.0334. The molecule has 2 rings (SSSR count). The summed E-state index contributed by atoms with van der Waals surface area (Å²) >= 11 is 0. The van der Waals surface area contributed by atoms with Crippen LogP contribution in [0.15, 0.2) is 12.3 Å². The Morgan fingerprint density at radius 2 is 1.96 bits per heavy atom. The van der Waals surface area contributed by atoms with E-state index in [1.54, 1.807) is 17.8 Å². The van der Waals surface area contributed by atoms with Crippen molar-refractivity contribution >= 4 is 5.91 Å². The molecule has 0 unspecified atom stereocenters. The molecule has 2 aromatic rings. The van der Waals surface area contributed by atoms with Crippen molar-refractivity contribution < 1.29 is 22.4 Å². The minimum atomic E-state index is -3.00. The van der Waals surface area contributed by atoms with Gasteiger partial charge in [0.25, 0.3) is 12.9 Å². The summed E-state index contributed by atoms with van der Waals surface area (Å²) in [6.07, 6.45) is -4.21. The second-order valence-electron chi connectivity index (χ2n) is 5.13. The topological polar surface area (TPSA) is 64.7 Å². The smallest absolute Gasteiger partial charge is 0.282 e. The number of amides is 1. The van der Waals surface area contributed by atoms with Crippen molar-refractivity contribution in [1.82, 2.24) is 24.9 Å². The number of nitrogens with zero attached hydrogens (tertiary/aromatic N) is 4. The fourth-order valence-corrected chi connectivity index (χ4v) is 2.14. The number of hydrogen-bond donors (Lipinski definition) is 1. The lowest BCUT2D eigenvalue weighted by Crippen LogP contribution is -2.28. The third kappa shape index (κ3) is 4.12. The molecule has 0 aliphatic carbocycles. The number of rotatable bonds is 7. The minimum Gasteiger partial charge on any atom is -0.350 e. The van der Waals surface area contributed by atoms with Gasteiger partial charge in [0.1, 0.15) is 17.9 Å². The second kappa shape index (κ2) is 7.45. The molecule has 2 heterocycles. The summed E-state index contributed by atoms with van der Waals surface area (Å²) in [6, 6.07) is 0.609. The summed E-state index contributed by atoms with van der Waals surface area (Å²) in [6.45, 7) is 3.98. The van der Waals surface area contributed by atoms with Crippen molar-refractivity contribution in [1.29, 1.82) is 0 Å². The molecule has 0 fully saturated rings. The average Bonchev–Trinajstić information content (AvgIpc) is 3.09. The van der Waals surface area contributed by atoms with Gasteiger partial charge in [-0.15, -0.1) is 0 Å². The molecule has 132 valence electrons. The highest BCUT2D eigenvalue weighted by atomic mass is 19.3. The Morgan fingerprint density at radius 1 is 1.25 bits per heavy atom. The van der Waals surface area contributed by atoms with Gasteiger partial charge in [-0.25, -0.2) is 17.6 Å². The van der Waals surface area contributed by atoms with Gasteiger partial charge in [-0.05, 0) is 19.9 Å². The van der Waals surface area contributed by atoms with Crippen LogP contribution >= 0.6 is 0 Å². The van der Waals surface area contributed by atoms with E-state index in [9.17, 15) is 22.4 Å². The van der Waals surface area contributed by atoms with Crippen LogP contribution < -0.4 is 5.32 Å². The van der Waals surface area contributed by atoms with E-state index in [1.165, 1.54) is 0 Å². The number of carbonyl (C=O) groups is 1. The van der Waals surface area contributed by atoms with Gasteiger partial charge in [0.2, 0.25) is 5.91 Å². The highest BCUT2D eigenvalue weighted by Gasteiger charge is 2.22. The van der Waals surface area contributed by atoms with Crippen LogP contribution in [0, 0.1) is 6.92 Å². The fourth-order valence-electron chi connectivity index (χ4n) is 2.14. The van der Waals surface area contributed by atoms with Gasteiger partial charge < -0.3 is 5.32 Å². The zero-order valence-electron chi connectivity index (χ0n) is 13.1. The molecule has 0 aliphatic rings. The molecule has 0 bridgehead atoms. The quantitative estimate of drug-likeness (QED) is 0.783. The Kier molecular flexibility index (Phi) is 5.58. The molecule has 2 aromatic heterocycles. The van der Waals surface area contributed by atoms with E-state index in [1.807, 2.05) is 6.92 Å². The maximum atomic E-state index is 12.9. The first-order valence-corrected chi connectivity index (χ1v) is 7.25. The maximum absolute atomic E-state index is 12.9. The van der Waals surface area contributed by atoms with Gasteiger partial charge in [-0.3, -0.25) is 14.2 Å². The van der Waals surface area contributed by atoms with Crippen LogP contribution in [0.4, 0.5) is 17.6 Å². The predicted molar refractivity (Wildman–Crippen MR) is 76.6 cm³/mol. The van der Waals surface area contributed by atoms with Crippen LogP contribution in [-0.2, 0) is 24.4 Å². The van der Waals surface area contributed by atoms with Crippen molar-refractivity contribution in [3.63, 3.8) is 0 Å². The maximum Gasteiger partial charge on any atom is 0.282 e. The van der Waals surface area contributed by atoms with Crippen LogP contribution in [0.3, 0.4) is 0 Å². The third-order valence-electron chi connectivity index (χ3n) is 3.42. The molecule has 0 aliphatic heterocycles. The van der Waals surface area contributed by atoms with Crippen LogP contribution in [0.1, 0.15) is 42.4 Å². The van der Waals surface area contributed by atoms with Crippen molar-refractivity contribution in [3.8, 4) is 0 Å². The van der Waals surface area contributed by atoms with Crippen molar-refractivity contribution in [2.45, 2.75) is 46.3 Å². The van der Waals surface area contributed by atoms with Crippen LogP contribution in [0.5, 0.6) is 0 Å². The second-order valence-corrected chi connectivity index (χ2v) is 5.13. The van der Waals surface area contributed by atoms with E-state index in [-0.39, 0.29) is 6.54 Å². The number of aromatic nitrogens is 4. The highest BCUT2D eigenvalue weighted by Crippen LogP contribution is 2.24. The molecule has 0 spiro atoms. The van der Waals surface area contributed by atoms with E-state index >= 15 is 0 Å². The summed E-state index contributed by atoms with van der Waals surface area (Å²) in [7, 11) is 0. The van der Waals surface area contributed by atoms with Crippen LogP contribution in [0.25, 0.3) is 0 Å². The number of carbonyl (C=O) groups excluding carboxylic acids is 1. The normalized spacial score (nSPS) is 11.5. The van der Waals surface area contributed by atoms with E-state index in [4.69, 9.17) is 0 Å². The highest BCUT2D eigenvalue weighted by molar-refractivity contribution is 5.75. The largest absolute Gasteiger partial charge is 0.350 e. The van der Waals surface area contributed by atoms with Crippen molar-refractivity contribution in [2.24, 2.45) is 0 Å². The molecular weight excluding hydrogens is 330 g/mol. The summed E-state index contributed by atoms with van der Waals surface area (Å²) in [5.74, 6) is -0.607. The zero-order valence-corrected chi connectivity index (χ0v) is 13.1. The number of nitrogens with one attached hydrogen (secondary N) is 1. The van der Waals surface area contributed by atoms with Gasteiger partial charge in [-0.2, -0.15) is 10.2 Å². The molecular formula is C14H17F4N5O. The lowest BCUT2D eigenvalue weighted by Gasteiger charge is -2.07. The Morgan fingerprint density at radius 3 is 2.50 bits per heavy atom. The number of hydrogen-bond acceptors (Lipinski definition) is 3. The summed E-state index contributed by atoms with van der Waals surface area (Å²) in [5, 5.41) is 10.1. The van der Waals surface area contributed by atoms with E-state index in [0.717, 1.165) is 11.3 Å². The van der Waals surface area contributed by atoms with Crippen LogP contribution in [-0.4, -0.2) is 25.5 Å². The first kappa shape index (κ1) is 18.0. The Hall–Kier alpha value is -2.39. The molecule has 10 heteroatoms. The Labute approximate surface area is 135 Å². The SMILES string of the molecule is CCn1cc(CNC(=O)Cn2nc(C(F)F)cc2C(F)F)c(C)n1. The first-order valence-electron chi connectivity index (χ1n) is 7.25. The molecule has 24 heavy (non-hydrogen) atoms. The Bertz CT molecular complexity index is 710. The van der Waals surface area contributed by atoms with Crippen molar-refractivity contribution in [3.05, 3.63) is 34.9 Å². The standard InChI is InChI=1S/C14H17F4N5O/c1-3-22-6-9(8(2)20-22)5-19-12(24)7-23-11(14(17)18)4-10(21-23)13(15)16/h4,6,13-14H,3,5,7H2,1-2H3,(H,19,24). The molecule has 0 atom stereocenters. The van der Waals surface area contributed by atoms with Gasteiger partial charge >= 0.3 is 0 Å². The van der Waals surface area contributed by atoms with Gasteiger partial charge in [0.05, 0.1) is 5.69 Å². The summed E-state index contributed by atoms with van der Waals surface area (Å²) in [4.78, 5) is 11.9.